The first kappa shape index (κ1) is 14.0. The lowest BCUT2D eigenvalue weighted by Gasteiger charge is -2.25. The summed E-state index contributed by atoms with van der Waals surface area (Å²) in [6, 6.07) is 9.73. The molecule has 0 spiro atoms. The highest BCUT2D eigenvalue weighted by Crippen LogP contribution is 2.21. The van der Waals surface area contributed by atoms with Gasteiger partial charge in [-0.25, -0.2) is 4.98 Å². The molecule has 1 aliphatic rings. The molecule has 2 heterocycles. The molecule has 2 N–H and O–H groups in total. The van der Waals surface area contributed by atoms with Crippen molar-refractivity contribution in [2.75, 3.05) is 5.32 Å². The Morgan fingerprint density at radius 1 is 1.38 bits per heavy atom. The summed E-state index contributed by atoms with van der Waals surface area (Å²) in [4.78, 5) is 16.4. The van der Waals surface area contributed by atoms with Crippen molar-refractivity contribution in [1.82, 2.24) is 10.3 Å². The Kier molecular flexibility index (Phi) is 3.90. The topological polar surface area (TPSA) is 54.0 Å². The zero-order chi connectivity index (χ0) is 14.8. The maximum absolute atomic E-state index is 12.4. The normalized spacial score (nSPS) is 17.1. The van der Waals surface area contributed by atoms with E-state index in [1.54, 1.807) is 6.20 Å². The standard InChI is InChI=1S/C16H16ClN3O/c1-10-6-13(15(17)19-8-10)20-16(21)14-7-11-4-2-3-5-12(11)9-18-14/h2-6,8,14,18H,7,9H2,1H3,(H,20,21)/t14-/m1/s1. The number of benzene rings is 1. The third-order valence-corrected chi connectivity index (χ3v) is 3.93. The lowest BCUT2D eigenvalue weighted by atomic mass is 9.95. The summed E-state index contributed by atoms with van der Waals surface area (Å²) in [6.07, 6.45) is 2.35. The van der Waals surface area contributed by atoms with Crippen molar-refractivity contribution >= 4 is 23.2 Å². The average molecular weight is 302 g/mol. The average Bonchev–Trinajstić information content (AvgIpc) is 2.50. The highest BCUT2D eigenvalue weighted by Gasteiger charge is 2.24. The zero-order valence-corrected chi connectivity index (χ0v) is 12.4. The zero-order valence-electron chi connectivity index (χ0n) is 11.7. The smallest absolute Gasteiger partial charge is 0.241 e. The van der Waals surface area contributed by atoms with Gasteiger partial charge in [-0.15, -0.1) is 0 Å². The van der Waals surface area contributed by atoms with Crippen molar-refractivity contribution < 1.29 is 4.79 Å². The van der Waals surface area contributed by atoms with Crippen LogP contribution in [0.15, 0.2) is 36.5 Å². The molecule has 0 unspecified atom stereocenters. The number of nitrogens with zero attached hydrogens (tertiary/aromatic N) is 1. The molecule has 4 nitrogen and oxygen atoms in total. The van der Waals surface area contributed by atoms with Crippen LogP contribution in [0.3, 0.4) is 0 Å². The van der Waals surface area contributed by atoms with Gasteiger partial charge in [0.25, 0.3) is 0 Å². The van der Waals surface area contributed by atoms with Crippen molar-refractivity contribution in [1.29, 1.82) is 0 Å². The molecule has 0 saturated heterocycles. The molecule has 0 aliphatic carbocycles. The quantitative estimate of drug-likeness (QED) is 0.839. The van der Waals surface area contributed by atoms with Gasteiger partial charge in [-0.1, -0.05) is 35.9 Å². The minimum absolute atomic E-state index is 0.0844. The van der Waals surface area contributed by atoms with Crippen molar-refractivity contribution in [2.24, 2.45) is 0 Å². The number of aryl methyl sites for hydroxylation is 1. The maximum Gasteiger partial charge on any atom is 0.241 e. The molecule has 1 atom stereocenters. The number of hydrogen-bond donors (Lipinski definition) is 2. The Morgan fingerprint density at radius 2 is 2.14 bits per heavy atom. The van der Waals surface area contributed by atoms with E-state index in [4.69, 9.17) is 11.6 Å². The van der Waals surface area contributed by atoms with Gasteiger partial charge in [-0.3, -0.25) is 4.79 Å². The number of nitrogens with one attached hydrogen (secondary N) is 2. The van der Waals surface area contributed by atoms with Crippen LogP contribution in [0.25, 0.3) is 0 Å². The highest BCUT2D eigenvalue weighted by molar-refractivity contribution is 6.32. The molecular formula is C16H16ClN3O. The maximum atomic E-state index is 12.4. The SMILES string of the molecule is Cc1cnc(Cl)c(NC(=O)[C@H]2Cc3ccccc3CN2)c1. The van der Waals surface area contributed by atoms with Crippen molar-refractivity contribution in [2.45, 2.75) is 25.9 Å². The number of carbonyl (C=O) groups excluding carboxylic acids is 1. The molecule has 3 rings (SSSR count). The second kappa shape index (κ2) is 5.84. The van der Waals surface area contributed by atoms with Gasteiger partial charge < -0.3 is 10.6 Å². The van der Waals surface area contributed by atoms with Crippen LogP contribution >= 0.6 is 11.6 Å². The summed E-state index contributed by atoms with van der Waals surface area (Å²) >= 11 is 6.01. The highest BCUT2D eigenvalue weighted by atomic mass is 35.5. The van der Waals surface area contributed by atoms with E-state index in [0.29, 0.717) is 23.8 Å². The molecular weight excluding hydrogens is 286 g/mol. The van der Waals surface area contributed by atoms with Crippen molar-refractivity contribution in [3.63, 3.8) is 0 Å². The number of hydrogen-bond acceptors (Lipinski definition) is 3. The van der Waals surface area contributed by atoms with Gasteiger partial charge >= 0.3 is 0 Å². The summed E-state index contributed by atoms with van der Waals surface area (Å²) < 4.78 is 0. The van der Waals surface area contributed by atoms with Crippen LogP contribution in [0.5, 0.6) is 0 Å². The minimum Gasteiger partial charge on any atom is -0.322 e. The molecule has 108 valence electrons. The lowest BCUT2D eigenvalue weighted by molar-refractivity contribution is -0.118. The first-order chi connectivity index (χ1) is 10.1. The number of halogens is 1. The molecule has 0 saturated carbocycles. The molecule has 21 heavy (non-hydrogen) atoms. The third kappa shape index (κ3) is 3.06. The Bertz CT molecular complexity index is 687. The summed E-state index contributed by atoms with van der Waals surface area (Å²) in [5, 5.41) is 6.42. The number of amides is 1. The third-order valence-electron chi connectivity index (χ3n) is 3.63. The number of anilines is 1. The van der Waals surface area contributed by atoms with E-state index in [2.05, 4.69) is 27.8 Å². The molecule has 0 bridgehead atoms. The Hall–Kier alpha value is -1.91. The number of pyridine rings is 1. The van der Waals surface area contributed by atoms with Crippen LogP contribution in [0.2, 0.25) is 5.15 Å². The number of carbonyl (C=O) groups is 1. The van der Waals surface area contributed by atoms with Crippen LogP contribution in [0.1, 0.15) is 16.7 Å². The molecule has 2 aromatic rings. The minimum atomic E-state index is -0.253. The molecule has 0 radical (unpaired) electrons. The number of fused-ring (bicyclic) bond motifs is 1. The van der Waals surface area contributed by atoms with Gasteiger partial charge in [-0.05, 0) is 36.1 Å². The molecule has 1 aliphatic heterocycles. The first-order valence-electron chi connectivity index (χ1n) is 6.86. The predicted molar refractivity (Wildman–Crippen MR) is 83.4 cm³/mol. The van der Waals surface area contributed by atoms with Gasteiger partial charge in [0, 0.05) is 12.7 Å². The fourth-order valence-corrected chi connectivity index (χ4v) is 2.65. The van der Waals surface area contributed by atoms with Crippen molar-refractivity contribution in [3.05, 3.63) is 58.4 Å². The van der Waals surface area contributed by atoms with Crippen molar-refractivity contribution in [3.8, 4) is 0 Å². The Labute approximate surface area is 128 Å². The summed E-state index contributed by atoms with van der Waals surface area (Å²) in [5.41, 5.74) is 3.97. The molecule has 1 amide bonds. The van der Waals surface area contributed by atoms with E-state index in [-0.39, 0.29) is 11.9 Å². The largest absolute Gasteiger partial charge is 0.322 e. The van der Waals surface area contributed by atoms with E-state index in [0.717, 1.165) is 5.56 Å². The second-order valence-electron chi connectivity index (χ2n) is 5.25. The number of rotatable bonds is 2. The Morgan fingerprint density at radius 3 is 2.95 bits per heavy atom. The van der Waals surface area contributed by atoms with E-state index in [9.17, 15) is 4.79 Å². The Balaban J connectivity index is 1.74. The second-order valence-corrected chi connectivity index (χ2v) is 5.60. The molecule has 1 aromatic heterocycles. The van der Waals surface area contributed by atoms with E-state index in [1.165, 1.54) is 11.1 Å². The van der Waals surface area contributed by atoms with E-state index in [1.807, 2.05) is 25.1 Å². The lowest BCUT2D eigenvalue weighted by Crippen LogP contribution is -2.44. The fourth-order valence-electron chi connectivity index (χ4n) is 2.50. The van der Waals surface area contributed by atoms with Gasteiger partial charge in [0.1, 0.15) is 0 Å². The molecule has 0 fully saturated rings. The summed E-state index contributed by atoms with van der Waals surface area (Å²) in [6.45, 7) is 2.61. The van der Waals surface area contributed by atoms with Crippen LogP contribution in [-0.4, -0.2) is 16.9 Å². The van der Waals surface area contributed by atoms with Gasteiger partial charge in [0.05, 0.1) is 11.7 Å². The molecule has 5 heteroatoms. The first-order valence-corrected chi connectivity index (χ1v) is 7.24. The summed E-state index contributed by atoms with van der Waals surface area (Å²) in [5.74, 6) is -0.0844. The van der Waals surface area contributed by atoms with Crippen LogP contribution in [0.4, 0.5) is 5.69 Å². The van der Waals surface area contributed by atoms with Crippen LogP contribution in [0, 0.1) is 6.92 Å². The van der Waals surface area contributed by atoms with Crippen LogP contribution in [-0.2, 0) is 17.8 Å². The fraction of sp³-hybridized carbons (Fsp3) is 0.250. The van der Waals surface area contributed by atoms with Crippen LogP contribution < -0.4 is 10.6 Å². The summed E-state index contributed by atoms with van der Waals surface area (Å²) in [7, 11) is 0. The molecule has 1 aromatic carbocycles. The van der Waals surface area contributed by atoms with E-state index >= 15 is 0 Å². The monoisotopic (exact) mass is 301 g/mol. The van der Waals surface area contributed by atoms with Gasteiger partial charge in [0.2, 0.25) is 5.91 Å². The van der Waals surface area contributed by atoms with Gasteiger partial charge in [-0.2, -0.15) is 0 Å². The number of aromatic nitrogens is 1. The predicted octanol–water partition coefficient (Wildman–Crippen LogP) is 2.70. The van der Waals surface area contributed by atoms with Gasteiger partial charge in [0.15, 0.2) is 5.15 Å². The van der Waals surface area contributed by atoms with E-state index < -0.39 is 0 Å².